The van der Waals surface area contributed by atoms with Gasteiger partial charge in [-0.2, -0.15) is 10.4 Å². The molecule has 2 N–H and O–H groups in total. The second-order valence-corrected chi connectivity index (χ2v) is 3.47. The van der Waals surface area contributed by atoms with Crippen LogP contribution in [-0.4, -0.2) is 16.3 Å². The average molecular weight is 242 g/mol. The molecule has 0 spiro atoms. The van der Waals surface area contributed by atoms with Crippen LogP contribution < -0.4 is 5.32 Å². The number of hydrogen-bond acceptors (Lipinski definition) is 4. The van der Waals surface area contributed by atoms with E-state index in [4.69, 9.17) is 10.00 Å². The molecule has 0 atom stereocenters. The van der Waals surface area contributed by atoms with Gasteiger partial charge in [-0.3, -0.25) is 10.4 Å². The molecule has 1 heterocycles. The van der Waals surface area contributed by atoms with Crippen LogP contribution in [0.25, 0.3) is 0 Å². The zero-order chi connectivity index (χ0) is 12.8. The van der Waals surface area contributed by atoms with Gasteiger partial charge in [-0.25, -0.2) is 4.79 Å². The second kappa shape index (κ2) is 5.50. The Balaban J connectivity index is 1.84. The molecule has 0 radical (unpaired) electrons. The van der Waals surface area contributed by atoms with Crippen molar-refractivity contribution in [1.29, 1.82) is 5.26 Å². The van der Waals surface area contributed by atoms with E-state index in [0.29, 0.717) is 0 Å². The summed E-state index contributed by atoms with van der Waals surface area (Å²) in [5, 5.41) is 17.2. The lowest BCUT2D eigenvalue weighted by molar-refractivity contribution is 0.155. The topological polar surface area (TPSA) is 90.8 Å². The number of benzene rings is 1. The predicted octanol–water partition coefficient (Wildman–Crippen LogP) is 2.03. The van der Waals surface area contributed by atoms with Gasteiger partial charge in [-0.05, 0) is 5.56 Å². The second-order valence-electron chi connectivity index (χ2n) is 3.47. The number of amides is 1. The molecule has 6 heteroatoms. The van der Waals surface area contributed by atoms with Crippen LogP contribution in [0.3, 0.4) is 0 Å². The molecule has 2 aromatic rings. The zero-order valence-electron chi connectivity index (χ0n) is 9.38. The Morgan fingerprint density at radius 2 is 2.22 bits per heavy atom. The Kier molecular flexibility index (Phi) is 3.56. The molecule has 18 heavy (non-hydrogen) atoms. The first-order valence-electron chi connectivity index (χ1n) is 5.21. The Hall–Kier alpha value is -2.81. The van der Waals surface area contributed by atoms with Gasteiger partial charge in [0.05, 0.1) is 0 Å². The van der Waals surface area contributed by atoms with Gasteiger partial charge in [0.15, 0.2) is 5.82 Å². The maximum absolute atomic E-state index is 11.4. The van der Waals surface area contributed by atoms with Crippen molar-refractivity contribution >= 4 is 11.9 Å². The molecule has 0 aliphatic heterocycles. The summed E-state index contributed by atoms with van der Waals surface area (Å²) in [7, 11) is 0. The van der Waals surface area contributed by atoms with Crippen molar-refractivity contribution < 1.29 is 9.53 Å². The molecule has 6 nitrogen and oxygen atoms in total. The fourth-order valence-corrected chi connectivity index (χ4v) is 1.31. The molecular weight excluding hydrogens is 232 g/mol. The fraction of sp³-hybridized carbons (Fsp3) is 0.0833. The standard InChI is InChI=1S/C12H10N4O2/c13-7-10-6-11(16-15-10)14-12(17)18-8-9-4-2-1-3-5-9/h1-6H,8H2,(H2,14,15,16,17). The number of H-pyrrole nitrogens is 1. The minimum Gasteiger partial charge on any atom is -0.444 e. The summed E-state index contributed by atoms with van der Waals surface area (Å²) in [6.45, 7) is 0.183. The Labute approximate surface area is 103 Å². The Bertz CT molecular complexity index is 571. The third-order valence-corrected chi connectivity index (χ3v) is 2.14. The maximum Gasteiger partial charge on any atom is 0.413 e. The summed E-state index contributed by atoms with van der Waals surface area (Å²) in [6, 6.07) is 12.6. The number of nitriles is 1. The van der Waals surface area contributed by atoms with Gasteiger partial charge >= 0.3 is 6.09 Å². The average Bonchev–Trinajstić information content (AvgIpc) is 2.85. The lowest BCUT2D eigenvalue weighted by atomic mass is 10.2. The molecule has 0 saturated carbocycles. The monoisotopic (exact) mass is 242 g/mol. The van der Waals surface area contributed by atoms with Crippen molar-refractivity contribution in [2.45, 2.75) is 6.61 Å². The van der Waals surface area contributed by atoms with Crippen LogP contribution in [0.2, 0.25) is 0 Å². The van der Waals surface area contributed by atoms with E-state index in [0.717, 1.165) is 5.56 Å². The molecule has 1 aromatic carbocycles. The number of aromatic nitrogens is 2. The van der Waals surface area contributed by atoms with E-state index < -0.39 is 6.09 Å². The molecule has 90 valence electrons. The highest BCUT2D eigenvalue weighted by Gasteiger charge is 2.06. The molecule has 2 rings (SSSR count). The molecule has 1 aromatic heterocycles. The number of anilines is 1. The highest BCUT2D eigenvalue weighted by atomic mass is 16.5. The normalized spacial score (nSPS) is 9.50. The lowest BCUT2D eigenvalue weighted by Gasteiger charge is -2.04. The van der Waals surface area contributed by atoms with Crippen molar-refractivity contribution in [2.24, 2.45) is 0 Å². The van der Waals surface area contributed by atoms with Gasteiger partial charge in [0.2, 0.25) is 0 Å². The number of hydrogen-bond donors (Lipinski definition) is 2. The van der Waals surface area contributed by atoms with Gasteiger partial charge in [0.25, 0.3) is 0 Å². The maximum atomic E-state index is 11.4. The first-order chi connectivity index (χ1) is 8.78. The zero-order valence-corrected chi connectivity index (χ0v) is 9.38. The minimum atomic E-state index is -0.616. The molecular formula is C12H10N4O2. The number of aromatic amines is 1. The quantitative estimate of drug-likeness (QED) is 0.861. The van der Waals surface area contributed by atoms with E-state index in [-0.39, 0.29) is 18.1 Å². The summed E-state index contributed by atoms with van der Waals surface area (Å²) in [4.78, 5) is 11.4. The summed E-state index contributed by atoms with van der Waals surface area (Å²) in [5.74, 6) is 0.254. The minimum absolute atomic E-state index is 0.183. The van der Waals surface area contributed by atoms with Crippen molar-refractivity contribution in [2.75, 3.05) is 5.32 Å². The van der Waals surface area contributed by atoms with Crippen LogP contribution in [0.5, 0.6) is 0 Å². The Morgan fingerprint density at radius 1 is 1.44 bits per heavy atom. The SMILES string of the molecule is N#Cc1cc(NC(=O)OCc2ccccc2)n[nH]1. The number of nitrogens with one attached hydrogen (secondary N) is 2. The van der Waals surface area contributed by atoms with Gasteiger partial charge in [-0.15, -0.1) is 0 Å². The lowest BCUT2D eigenvalue weighted by Crippen LogP contribution is -2.13. The largest absolute Gasteiger partial charge is 0.444 e. The molecule has 0 unspecified atom stereocenters. The van der Waals surface area contributed by atoms with Crippen molar-refractivity contribution in [3.8, 4) is 6.07 Å². The third kappa shape index (κ3) is 3.09. The van der Waals surface area contributed by atoms with Gasteiger partial charge < -0.3 is 4.74 Å². The van der Waals surface area contributed by atoms with E-state index in [1.54, 1.807) is 0 Å². The molecule has 0 bridgehead atoms. The van der Waals surface area contributed by atoms with E-state index in [1.807, 2.05) is 36.4 Å². The first kappa shape index (κ1) is 11.7. The van der Waals surface area contributed by atoms with E-state index in [1.165, 1.54) is 6.07 Å². The molecule has 0 aliphatic carbocycles. The van der Waals surface area contributed by atoms with E-state index in [2.05, 4.69) is 15.5 Å². The summed E-state index contributed by atoms with van der Waals surface area (Å²) < 4.78 is 4.99. The predicted molar refractivity (Wildman–Crippen MR) is 63.6 cm³/mol. The van der Waals surface area contributed by atoms with Crippen molar-refractivity contribution in [1.82, 2.24) is 10.2 Å². The number of rotatable bonds is 3. The summed E-state index contributed by atoms with van der Waals surface area (Å²) in [5.41, 5.74) is 1.17. The summed E-state index contributed by atoms with van der Waals surface area (Å²) in [6.07, 6.45) is -0.616. The number of ether oxygens (including phenoxy) is 1. The van der Waals surface area contributed by atoms with E-state index in [9.17, 15) is 4.79 Å². The first-order valence-corrected chi connectivity index (χ1v) is 5.21. The van der Waals surface area contributed by atoms with Gasteiger partial charge in [-0.1, -0.05) is 30.3 Å². The van der Waals surface area contributed by atoms with E-state index >= 15 is 0 Å². The van der Waals surface area contributed by atoms with Gasteiger partial charge in [0.1, 0.15) is 18.4 Å². The number of carbonyl (C=O) groups excluding carboxylic acids is 1. The van der Waals surface area contributed by atoms with Crippen molar-refractivity contribution in [3.05, 3.63) is 47.7 Å². The van der Waals surface area contributed by atoms with Crippen LogP contribution in [0.1, 0.15) is 11.3 Å². The van der Waals surface area contributed by atoms with Crippen LogP contribution in [0.15, 0.2) is 36.4 Å². The number of carbonyl (C=O) groups is 1. The molecule has 0 fully saturated rings. The van der Waals surface area contributed by atoms with Crippen LogP contribution >= 0.6 is 0 Å². The van der Waals surface area contributed by atoms with Crippen molar-refractivity contribution in [3.63, 3.8) is 0 Å². The highest BCUT2D eigenvalue weighted by molar-refractivity contribution is 5.83. The smallest absolute Gasteiger partial charge is 0.413 e. The van der Waals surface area contributed by atoms with Crippen LogP contribution in [0.4, 0.5) is 10.6 Å². The number of nitrogens with zero attached hydrogens (tertiary/aromatic N) is 2. The third-order valence-electron chi connectivity index (χ3n) is 2.14. The van der Waals surface area contributed by atoms with Crippen LogP contribution in [-0.2, 0) is 11.3 Å². The van der Waals surface area contributed by atoms with Gasteiger partial charge in [0, 0.05) is 6.07 Å². The fourth-order valence-electron chi connectivity index (χ4n) is 1.31. The molecule has 0 saturated heterocycles. The molecule has 1 amide bonds. The highest BCUT2D eigenvalue weighted by Crippen LogP contribution is 2.06. The molecule has 0 aliphatic rings. The van der Waals surface area contributed by atoms with Crippen LogP contribution in [0, 0.1) is 11.3 Å². The Morgan fingerprint density at radius 3 is 2.89 bits per heavy atom. The summed E-state index contributed by atoms with van der Waals surface area (Å²) >= 11 is 0.